The van der Waals surface area contributed by atoms with Crippen molar-refractivity contribution in [2.24, 2.45) is 12.0 Å². The summed E-state index contributed by atoms with van der Waals surface area (Å²) in [5.41, 5.74) is 1.22. The molecular weight excluding hydrogens is 370 g/mol. The van der Waals surface area contributed by atoms with Gasteiger partial charge in [-0.3, -0.25) is 9.58 Å². The van der Waals surface area contributed by atoms with Crippen molar-refractivity contribution in [1.29, 1.82) is 0 Å². The average molecular weight is 402 g/mol. The monoisotopic (exact) mass is 401 g/mol. The molecule has 1 aliphatic rings. The van der Waals surface area contributed by atoms with Gasteiger partial charge in [-0.2, -0.15) is 5.10 Å². The van der Waals surface area contributed by atoms with Crippen LogP contribution in [0.5, 0.6) is 11.5 Å². The third-order valence-electron chi connectivity index (χ3n) is 5.04. The molecule has 9 nitrogen and oxygen atoms in total. The summed E-state index contributed by atoms with van der Waals surface area (Å²) in [6, 6.07) is 6.12. The number of ether oxygens (including phenoxy) is 2. The fourth-order valence-electron chi connectivity index (χ4n) is 3.39. The van der Waals surface area contributed by atoms with E-state index in [-0.39, 0.29) is 0 Å². The van der Waals surface area contributed by atoms with Crippen LogP contribution in [0.4, 0.5) is 0 Å². The lowest BCUT2D eigenvalue weighted by atomic mass is 10.1. The molecule has 1 saturated heterocycles. The Bertz CT molecular complexity index is 813. The number of benzene rings is 1. The van der Waals surface area contributed by atoms with Crippen LogP contribution >= 0.6 is 0 Å². The van der Waals surface area contributed by atoms with Crippen LogP contribution in [0.2, 0.25) is 0 Å². The zero-order valence-electron chi connectivity index (χ0n) is 17.8. The van der Waals surface area contributed by atoms with E-state index in [0.717, 1.165) is 62.6 Å². The molecule has 0 aliphatic carbocycles. The third kappa shape index (κ3) is 5.38. The number of piperazine rings is 1. The Morgan fingerprint density at radius 2 is 1.90 bits per heavy atom. The lowest BCUT2D eigenvalue weighted by Crippen LogP contribution is -2.52. The van der Waals surface area contributed by atoms with E-state index >= 15 is 0 Å². The first kappa shape index (κ1) is 20.9. The van der Waals surface area contributed by atoms with Gasteiger partial charge in [0.25, 0.3) is 0 Å². The molecule has 1 N–H and O–H groups in total. The summed E-state index contributed by atoms with van der Waals surface area (Å²) in [5, 5.41) is 7.50. The Morgan fingerprint density at radius 3 is 2.52 bits per heavy atom. The van der Waals surface area contributed by atoms with Crippen molar-refractivity contribution in [2.75, 3.05) is 46.9 Å². The zero-order valence-corrected chi connectivity index (χ0v) is 17.8. The SMILES string of the molecule is CCNC(=NCc1ncnn1C)N1CCN(Cc2ccc(OC)c(OC)c2)CC1. The fraction of sp³-hybridized carbons (Fsp3) is 0.550. The predicted octanol–water partition coefficient (Wildman–Crippen LogP) is 1.12. The van der Waals surface area contributed by atoms with E-state index in [9.17, 15) is 0 Å². The number of aliphatic imine (C=N–C) groups is 1. The number of aromatic nitrogens is 3. The first-order valence-electron chi connectivity index (χ1n) is 9.94. The quantitative estimate of drug-likeness (QED) is 0.550. The van der Waals surface area contributed by atoms with Gasteiger partial charge in [0.05, 0.1) is 14.2 Å². The van der Waals surface area contributed by atoms with E-state index in [4.69, 9.17) is 14.5 Å². The molecule has 2 aromatic rings. The van der Waals surface area contributed by atoms with Gasteiger partial charge < -0.3 is 19.7 Å². The first-order chi connectivity index (χ1) is 14.1. The van der Waals surface area contributed by atoms with Crippen LogP contribution in [-0.2, 0) is 20.1 Å². The minimum absolute atomic E-state index is 0.519. The van der Waals surface area contributed by atoms with E-state index < -0.39 is 0 Å². The number of nitrogens with one attached hydrogen (secondary N) is 1. The van der Waals surface area contributed by atoms with Gasteiger partial charge >= 0.3 is 0 Å². The van der Waals surface area contributed by atoms with Crippen molar-refractivity contribution in [2.45, 2.75) is 20.0 Å². The maximum Gasteiger partial charge on any atom is 0.194 e. The van der Waals surface area contributed by atoms with Crippen LogP contribution in [0, 0.1) is 0 Å². The topological polar surface area (TPSA) is 80.0 Å². The van der Waals surface area contributed by atoms with Crippen molar-refractivity contribution in [1.82, 2.24) is 29.9 Å². The van der Waals surface area contributed by atoms with Crippen molar-refractivity contribution in [3.8, 4) is 11.5 Å². The van der Waals surface area contributed by atoms with E-state index in [0.29, 0.717) is 6.54 Å². The Hall–Kier alpha value is -2.81. The van der Waals surface area contributed by atoms with E-state index in [1.165, 1.54) is 5.56 Å². The molecule has 1 aromatic carbocycles. The standard InChI is InChI=1S/C20H31N7O2/c1-5-21-20(22-13-19-23-15-24-25(19)2)27-10-8-26(9-11-27)14-16-6-7-17(28-3)18(12-16)29-4/h6-7,12,15H,5,8-11,13-14H2,1-4H3,(H,21,22). The smallest absolute Gasteiger partial charge is 0.194 e. The number of rotatable bonds is 7. The van der Waals surface area contributed by atoms with Crippen molar-refractivity contribution < 1.29 is 9.47 Å². The Kier molecular flexibility index (Phi) is 7.29. The van der Waals surface area contributed by atoms with Gasteiger partial charge in [-0.1, -0.05) is 6.07 Å². The van der Waals surface area contributed by atoms with Crippen LogP contribution in [-0.4, -0.2) is 77.5 Å². The minimum atomic E-state index is 0.519. The van der Waals surface area contributed by atoms with Crippen LogP contribution < -0.4 is 14.8 Å². The lowest BCUT2D eigenvalue weighted by Gasteiger charge is -2.36. The van der Waals surface area contributed by atoms with E-state index in [1.54, 1.807) is 25.2 Å². The van der Waals surface area contributed by atoms with Gasteiger partial charge in [-0.05, 0) is 24.6 Å². The van der Waals surface area contributed by atoms with Gasteiger partial charge in [-0.25, -0.2) is 9.98 Å². The second-order valence-corrected chi connectivity index (χ2v) is 6.92. The molecular formula is C20H31N7O2. The average Bonchev–Trinajstić information content (AvgIpc) is 3.16. The van der Waals surface area contributed by atoms with Crippen molar-refractivity contribution in [3.05, 3.63) is 35.9 Å². The largest absolute Gasteiger partial charge is 0.493 e. The van der Waals surface area contributed by atoms with Gasteiger partial charge in [-0.15, -0.1) is 0 Å². The molecule has 0 unspecified atom stereocenters. The van der Waals surface area contributed by atoms with Crippen LogP contribution in [0.3, 0.4) is 0 Å². The Labute approximate surface area is 172 Å². The third-order valence-corrected chi connectivity index (χ3v) is 5.04. The highest BCUT2D eigenvalue weighted by Crippen LogP contribution is 2.28. The molecule has 9 heteroatoms. The molecule has 0 atom stereocenters. The van der Waals surface area contributed by atoms with E-state index in [1.807, 2.05) is 13.1 Å². The summed E-state index contributed by atoms with van der Waals surface area (Å²) < 4.78 is 12.5. The normalized spacial score (nSPS) is 15.4. The van der Waals surface area contributed by atoms with Crippen LogP contribution in [0.1, 0.15) is 18.3 Å². The first-order valence-corrected chi connectivity index (χ1v) is 9.94. The maximum absolute atomic E-state index is 5.42. The molecule has 0 radical (unpaired) electrons. The summed E-state index contributed by atoms with van der Waals surface area (Å²) in [6.07, 6.45) is 1.56. The summed E-state index contributed by atoms with van der Waals surface area (Å²) >= 11 is 0. The highest BCUT2D eigenvalue weighted by atomic mass is 16.5. The Balaban J connectivity index is 1.57. The molecule has 1 fully saturated rings. The molecule has 3 rings (SSSR count). The second-order valence-electron chi connectivity index (χ2n) is 6.92. The molecule has 0 spiro atoms. The molecule has 158 valence electrons. The minimum Gasteiger partial charge on any atom is -0.493 e. The molecule has 0 bridgehead atoms. The summed E-state index contributed by atoms with van der Waals surface area (Å²) in [5.74, 6) is 3.32. The number of hydrogen-bond donors (Lipinski definition) is 1. The summed E-state index contributed by atoms with van der Waals surface area (Å²) in [7, 11) is 5.21. The second kappa shape index (κ2) is 10.1. The number of aryl methyl sites for hydroxylation is 1. The molecule has 2 heterocycles. The van der Waals surface area contributed by atoms with Crippen molar-refractivity contribution in [3.63, 3.8) is 0 Å². The van der Waals surface area contributed by atoms with Gasteiger partial charge in [0, 0.05) is 46.3 Å². The number of methoxy groups -OCH3 is 2. The predicted molar refractivity (Wildman–Crippen MR) is 112 cm³/mol. The number of guanidine groups is 1. The number of nitrogens with zero attached hydrogens (tertiary/aromatic N) is 6. The van der Waals surface area contributed by atoms with Gasteiger partial charge in [0.15, 0.2) is 17.5 Å². The van der Waals surface area contributed by atoms with Gasteiger partial charge in [0.1, 0.15) is 18.7 Å². The summed E-state index contributed by atoms with van der Waals surface area (Å²) in [6.45, 7) is 8.14. The molecule has 0 saturated carbocycles. The summed E-state index contributed by atoms with van der Waals surface area (Å²) in [4.78, 5) is 13.8. The molecule has 0 amide bonds. The fourth-order valence-corrected chi connectivity index (χ4v) is 3.39. The van der Waals surface area contributed by atoms with Crippen LogP contribution in [0.25, 0.3) is 0 Å². The van der Waals surface area contributed by atoms with Crippen LogP contribution in [0.15, 0.2) is 29.5 Å². The maximum atomic E-state index is 5.42. The van der Waals surface area contributed by atoms with E-state index in [2.05, 4.69) is 44.3 Å². The zero-order chi connectivity index (χ0) is 20.6. The molecule has 1 aliphatic heterocycles. The molecule has 29 heavy (non-hydrogen) atoms. The Morgan fingerprint density at radius 1 is 1.14 bits per heavy atom. The lowest BCUT2D eigenvalue weighted by molar-refractivity contribution is 0.172. The number of hydrogen-bond acceptors (Lipinski definition) is 6. The van der Waals surface area contributed by atoms with Crippen molar-refractivity contribution >= 4 is 5.96 Å². The highest BCUT2D eigenvalue weighted by Gasteiger charge is 2.20. The molecule has 1 aromatic heterocycles. The highest BCUT2D eigenvalue weighted by molar-refractivity contribution is 5.80. The van der Waals surface area contributed by atoms with Gasteiger partial charge in [0.2, 0.25) is 0 Å².